The smallest absolute Gasteiger partial charge is 0.171 e. The second-order valence-electron chi connectivity index (χ2n) is 11.3. The molecule has 39 heavy (non-hydrogen) atoms. The number of hydrogen-bond donors (Lipinski definition) is 0. The first-order chi connectivity index (χ1) is 18.8. The Balaban J connectivity index is 1.20. The fraction of sp³-hybridized carbons (Fsp3) is 0.600. The van der Waals surface area contributed by atoms with E-state index in [0.717, 1.165) is 37.8 Å². The van der Waals surface area contributed by atoms with Crippen LogP contribution in [-0.2, 0) is 34.9 Å². The van der Waals surface area contributed by atoms with Crippen molar-refractivity contribution in [1.29, 1.82) is 0 Å². The first kappa shape index (κ1) is 27.1. The van der Waals surface area contributed by atoms with Gasteiger partial charge in [-0.2, -0.15) is 0 Å². The third-order valence-electron chi connectivity index (χ3n) is 8.66. The molecule has 4 fully saturated rings. The zero-order valence-electron chi connectivity index (χ0n) is 21.9. The van der Waals surface area contributed by atoms with Crippen LogP contribution in [0.1, 0.15) is 75.3 Å². The molecule has 9 heteroatoms. The lowest BCUT2D eigenvalue weighted by Crippen LogP contribution is -2.51. The summed E-state index contributed by atoms with van der Waals surface area (Å²) < 4.78 is 87.3. The van der Waals surface area contributed by atoms with Crippen LogP contribution in [0.3, 0.4) is 0 Å². The maximum atomic E-state index is 14.6. The van der Waals surface area contributed by atoms with Gasteiger partial charge in [0.2, 0.25) is 0 Å². The fourth-order valence-electron chi connectivity index (χ4n) is 6.20. The highest BCUT2D eigenvalue weighted by Crippen LogP contribution is 2.51. The Labute approximate surface area is 225 Å². The Bertz CT molecular complexity index is 1090. The van der Waals surface area contributed by atoms with Gasteiger partial charge in [0.05, 0.1) is 26.4 Å². The van der Waals surface area contributed by atoms with Gasteiger partial charge in [0.15, 0.2) is 11.6 Å². The molecular formula is C30H34F4O5. The van der Waals surface area contributed by atoms with Crippen molar-refractivity contribution in [2.45, 2.75) is 87.0 Å². The van der Waals surface area contributed by atoms with Crippen LogP contribution in [0.2, 0.25) is 0 Å². The summed E-state index contributed by atoms with van der Waals surface area (Å²) in [5, 5.41) is 0. The second-order valence-corrected chi connectivity index (χ2v) is 11.3. The molecule has 2 aromatic carbocycles. The molecule has 0 bridgehead atoms. The number of ether oxygens (including phenoxy) is 5. The lowest BCUT2D eigenvalue weighted by molar-refractivity contribution is -0.381. The molecule has 0 N–H and O–H groups in total. The highest BCUT2D eigenvalue weighted by atomic mass is 19.1. The molecule has 2 aromatic rings. The SMILES string of the molecule is Fc1ccc([C@]2(CC[C@]3(O[C@@]4(CC[C@@]5(c6ccc(F)cc6F)CO5)CCCCO4)CCCCO3)CO2)c(F)c1. The van der Waals surface area contributed by atoms with E-state index in [4.69, 9.17) is 23.7 Å². The van der Waals surface area contributed by atoms with E-state index in [1.54, 1.807) is 0 Å². The molecule has 4 aliphatic heterocycles. The van der Waals surface area contributed by atoms with Gasteiger partial charge in [-0.1, -0.05) is 12.1 Å². The molecule has 0 amide bonds. The molecule has 4 heterocycles. The molecule has 0 aliphatic carbocycles. The largest absolute Gasteiger partial charge is 0.364 e. The highest BCUT2D eigenvalue weighted by Gasteiger charge is 2.54. The second kappa shape index (κ2) is 10.4. The van der Waals surface area contributed by atoms with Gasteiger partial charge >= 0.3 is 0 Å². The quantitative estimate of drug-likeness (QED) is 0.242. The third kappa shape index (κ3) is 5.61. The van der Waals surface area contributed by atoms with E-state index in [2.05, 4.69) is 0 Å². The predicted octanol–water partition coefficient (Wildman–Crippen LogP) is 6.76. The van der Waals surface area contributed by atoms with Crippen LogP contribution in [0.4, 0.5) is 17.6 Å². The summed E-state index contributed by atoms with van der Waals surface area (Å²) in [4.78, 5) is 0. The summed E-state index contributed by atoms with van der Waals surface area (Å²) in [5.41, 5.74) is -0.983. The average molecular weight is 551 g/mol. The van der Waals surface area contributed by atoms with E-state index in [1.807, 2.05) is 0 Å². The summed E-state index contributed by atoms with van der Waals surface area (Å²) in [6.45, 7) is 1.75. The van der Waals surface area contributed by atoms with E-state index in [0.29, 0.717) is 76.1 Å². The van der Waals surface area contributed by atoms with Crippen molar-refractivity contribution >= 4 is 0 Å². The maximum Gasteiger partial charge on any atom is 0.171 e. The van der Waals surface area contributed by atoms with Gasteiger partial charge in [-0.15, -0.1) is 0 Å². The van der Waals surface area contributed by atoms with E-state index in [1.165, 1.54) is 24.3 Å². The van der Waals surface area contributed by atoms with Gasteiger partial charge in [-0.25, -0.2) is 17.6 Å². The van der Waals surface area contributed by atoms with Crippen LogP contribution in [0.5, 0.6) is 0 Å². The van der Waals surface area contributed by atoms with Crippen molar-refractivity contribution in [2.75, 3.05) is 26.4 Å². The van der Waals surface area contributed by atoms with Gasteiger partial charge in [-0.05, 0) is 50.7 Å². The lowest BCUT2D eigenvalue weighted by atomic mass is 9.88. The van der Waals surface area contributed by atoms with Crippen LogP contribution < -0.4 is 0 Å². The number of epoxide rings is 2. The van der Waals surface area contributed by atoms with Gasteiger partial charge in [-0.3, -0.25) is 0 Å². The maximum absolute atomic E-state index is 14.6. The van der Waals surface area contributed by atoms with Crippen LogP contribution in [-0.4, -0.2) is 38.0 Å². The standard InChI is InChI=1S/C30H34F4O5/c31-21-5-7-23(25(33)17-21)27(19-37-27)11-13-29(9-1-3-15-35-29)39-30(10-2-4-16-36-30)14-12-28(20-38-28)24-8-6-22(32)18-26(24)34/h5-8,17-18H,1-4,9-16,19-20H2/t27-,28-,29+,30+/m0/s1. The Hall–Kier alpha value is -2.04. The molecule has 0 aromatic heterocycles. The van der Waals surface area contributed by atoms with E-state index >= 15 is 0 Å². The number of halogens is 4. The minimum absolute atomic E-state index is 0.340. The third-order valence-corrected chi connectivity index (χ3v) is 8.66. The minimum Gasteiger partial charge on any atom is -0.364 e. The van der Waals surface area contributed by atoms with Crippen LogP contribution in [0.25, 0.3) is 0 Å². The van der Waals surface area contributed by atoms with E-state index in [-0.39, 0.29) is 0 Å². The van der Waals surface area contributed by atoms with Crippen LogP contribution in [0, 0.1) is 23.3 Å². The Kier molecular flexibility index (Phi) is 7.25. The molecule has 4 atom stereocenters. The molecule has 0 unspecified atom stereocenters. The molecule has 0 radical (unpaired) electrons. The number of rotatable bonds is 10. The monoisotopic (exact) mass is 550 g/mol. The number of hydrogen-bond acceptors (Lipinski definition) is 5. The zero-order chi connectivity index (χ0) is 27.1. The first-order valence-corrected chi connectivity index (χ1v) is 13.9. The van der Waals surface area contributed by atoms with Crippen LogP contribution in [0.15, 0.2) is 36.4 Å². The minimum atomic E-state index is -0.955. The topological polar surface area (TPSA) is 52.8 Å². The van der Waals surface area contributed by atoms with Crippen molar-refractivity contribution < 1.29 is 41.2 Å². The van der Waals surface area contributed by atoms with Crippen molar-refractivity contribution in [3.8, 4) is 0 Å². The fourth-order valence-corrected chi connectivity index (χ4v) is 6.20. The van der Waals surface area contributed by atoms with Crippen molar-refractivity contribution in [1.82, 2.24) is 0 Å². The first-order valence-electron chi connectivity index (χ1n) is 13.9. The summed E-state index contributed by atoms with van der Waals surface area (Å²) in [7, 11) is 0. The Morgan fingerprint density at radius 1 is 0.590 bits per heavy atom. The zero-order valence-corrected chi connectivity index (χ0v) is 21.9. The van der Waals surface area contributed by atoms with E-state index in [9.17, 15) is 17.6 Å². The molecule has 0 saturated carbocycles. The highest BCUT2D eigenvalue weighted by molar-refractivity contribution is 5.30. The molecule has 5 nitrogen and oxygen atoms in total. The number of benzene rings is 2. The van der Waals surface area contributed by atoms with E-state index < -0.39 is 46.0 Å². The predicted molar refractivity (Wildman–Crippen MR) is 133 cm³/mol. The summed E-state index contributed by atoms with van der Waals surface area (Å²) in [6.07, 6.45) is 6.71. The van der Waals surface area contributed by atoms with Crippen LogP contribution >= 0.6 is 0 Å². The lowest BCUT2D eigenvalue weighted by Gasteiger charge is -2.47. The summed E-state index contributed by atoms with van der Waals surface area (Å²) in [6, 6.07) is 7.15. The molecule has 0 spiro atoms. The molecule has 4 aliphatic rings. The molecule has 6 rings (SSSR count). The summed E-state index contributed by atoms with van der Waals surface area (Å²) >= 11 is 0. The van der Waals surface area contributed by atoms with Gasteiger partial charge in [0.25, 0.3) is 0 Å². The summed E-state index contributed by atoms with van der Waals surface area (Å²) in [5.74, 6) is -4.41. The van der Waals surface area contributed by atoms with Gasteiger partial charge < -0.3 is 23.7 Å². The molecule has 212 valence electrons. The normalized spacial score (nSPS) is 34.2. The van der Waals surface area contributed by atoms with Crippen molar-refractivity contribution in [2.24, 2.45) is 0 Å². The Morgan fingerprint density at radius 3 is 1.36 bits per heavy atom. The van der Waals surface area contributed by atoms with Crippen molar-refractivity contribution in [3.05, 3.63) is 70.8 Å². The average Bonchev–Trinajstić information content (AvgIpc) is 3.85. The molecular weight excluding hydrogens is 516 g/mol. The molecule has 4 saturated heterocycles. The van der Waals surface area contributed by atoms with Gasteiger partial charge in [0.1, 0.15) is 34.5 Å². The van der Waals surface area contributed by atoms with Crippen molar-refractivity contribution in [3.63, 3.8) is 0 Å². The Morgan fingerprint density at radius 2 is 1.03 bits per heavy atom. The van der Waals surface area contributed by atoms with Gasteiger partial charge in [0, 0.05) is 48.9 Å².